The van der Waals surface area contributed by atoms with E-state index in [4.69, 9.17) is 24.3 Å². The maximum Gasteiger partial charge on any atom is 0.472 e. The highest BCUT2D eigenvalue weighted by molar-refractivity contribution is 7.47. The number of hydrogen-bond donors (Lipinski definition) is 2. The Labute approximate surface area is 407 Å². The van der Waals surface area contributed by atoms with Crippen LogP contribution in [0.2, 0.25) is 0 Å². The van der Waals surface area contributed by atoms with Crippen molar-refractivity contribution in [1.82, 2.24) is 0 Å². The fraction of sp³-hybridized carbons (Fsp3) is 0.544. The lowest BCUT2D eigenvalue weighted by molar-refractivity contribution is -0.161. The monoisotopic (exact) mass is 948 g/mol. The molecule has 0 aromatic rings. The minimum atomic E-state index is -4.41. The van der Waals surface area contributed by atoms with Gasteiger partial charge < -0.3 is 20.1 Å². The van der Waals surface area contributed by atoms with Crippen molar-refractivity contribution in [3.05, 3.63) is 146 Å². The van der Waals surface area contributed by atoms with E-state index in [0.29, 0.717) is 12.8 Å². The summed E-state index contributed by atoms with van der Waals surface area (Å²) in [5.41, 5.74) is 5.36. The second-order valence-corrected chi connectivity index (χ2v) is 17.4. The van der Waals surface area contributed by atoms with Crippen LogP contribution in [-0.4, -0.2) is 49.3 Å². The minimum absolute atomic E-state index is 0.0357. The Morgan fingerprint density at radius 2 is 0.776 bits per heavy atom. The summed E-state index contributed by atoms with van der Waals surface area (Å²) in [6.45, 7) is 3.41. The zero-order valence-electron chi connectivity index (χ0n) is 41.6. The number of carbonyl (C=O) groups is 2. The number of rotatable bonds is 45. The standard InChI is InChI=1S/C57H90NO8P/c1-3-5-7-9-11-13-15-17-19-21-23-24-25-26-27-28-29-30-32-34-36-38-40-42-44-46-48-50-57(60)66-55(54-65-67(61,62)64-52-51-58)53-63-56(59)49-47-45-43-41-39-37-35-33-31-22-20-18-16-14-12-10-8-6-4-2/h5-8,11-14,17-20,23-24,26-27,29-31,33-34,36-37,39,55H,3-4,9-10,15-16,21-22,25,28,32,35,38,40-54,58H2,1-2H3,(H,61,62)/b7-5-,8-6-,13-11-,14-12-,19-17-,20-18-,24-23-,27-26-,30-29-,33-31-,36-34-,39-37-. The Morgan fingerprint density at radius 3 is 1.16 bits per heavy atom. The zero-order chi connectivity index (χ0) is 48.8. The zero-order valence-corrected chi connectivity index (χ0v) is 42.5. The molecule has 0 bridgehead atoms. The molecule has 0 aromatic heterocycles. The van der Waals surface area contributed by atoms with Crippen LogP contribution in [-0.2, 0) is 32.7 Å². The predicted molar refractivity (Wildman–Crippen MR) is 283 cm³/mol. The molecule has 0 aliphatic rings. The van der Waals surface area contributed by atoms with E-state index in [0.717, 1.165) is 128 Å². The van der Waals surface area contributed by atoms with Crippen molar-refractivity contribution in [1.29, 1.82) is 0 Å². The van der Waals surface area contributed by atoms with Crippen molar-refractivity contribution >= 4 is 19.8 Å². The number of phosphoric acid groups is 1. The lowest BCUT2D eigenvalue weighted by Crippen LogP contribution is -2.29. The molecular weight excluding hydrogens is 858 g/mol. The third-order valence-electron chi connectivity index (χ3n) is 9.72. The van der Waals surface area contributed by atoms with Crippen molar-refractivity contribution < 1.29 is 37.6 Å². The third-order valence-corrected chi connectivity index (χ3v) is 10.7. The van der Waals surface area contributed by atoms with Crippen LogP contribution >= 0.6 is 7.82 Å². The van der Waals surface area contributed by atoms with Crippen molar-refractivity contribution in [2.45, 2.75) is 174 Å². The second-order valence-electron chi connectivity index (χ2n) is 15.9. The normalized spacial score (nSPS) is 14.4. The van der Waals surface area contributed by atoms with Crippen LogP contribution in [0, 0.1) is 0 Å². The first-order valence-corrected chi connectivity index (χ1v) is 26.8. The molecular formula is C57H90NO8P. The first-order valence-electron chi connectivity index (χ1n) is 25.3. The van der Waals surface area contributed by atoms with Crippen LogP contribution in [0.5, 0.6) is 0 Å². The summed E-state index contributed by atoms with van der Waals surface area (Å²) < 4.78 is 32.9. The number of ether oxygens (including phenoxy) is 2. The molecule has 0 aromatic carbocycles. The summed E-state index contributed by atoms with van der Waals surface area (Å²) in [6, 6.07) is 0. The lowest BCUT2D eigenvalue weighted by atomic mass is 10.1. The van der Waals surface area contributed by atoms with Gasteiger partial charge >= 0.3 is 19.8 Å². The maximum atomic E-state index is 12.7. The molecule has 0 aliphatic heterocycles. The van der Waals surface area contributed by atoms with Crippen LogP contribution in [0.25, 0.3) is 0 Å². The van der Waals surface area contributed by atoms with Gasteiger partial charge in [-0.3, -0.25) is 18.6 Å². The summed E-state index contributed by atoms with van der Waals surface area (Å²) >= 11 is 0. The van der Waals surface area contributed by atoms with Crippen molar-refractivity contribution in [3.8, 4) is 0 Å². The molecule has 0 radical (unpaired) electrons. The van der Waals surface area contributed by atoms with Crippen LogP contribution < -0.4 is 5.73 Å². The molecule has 0 heterocycles. The van der Waals surface area contributed by atoms with Gasteiger partial charge in [-0.2, -0.15) is 0 Å². The molecule has 2 unspecified atom stereocenters. The van der Waals surface area contributed by atoms with Crippen LogP contribution in [0.1, 0.15) is 168 Å². The van der Waals surface area contributed by atoms with Crippen molar-refractivity contribution in [2.24, 2.45) is 5.73 Å². The van der Waals surface area contributed by atoms with E-state index in [9.17, 15) is 19.0 Å². The highest BCUT2D eigenvalue weighted by Gasteiger charge is 2.26. The molecule has 0 saturated carbocycles. The summed E-state index contributed by atoms with van der Waals surface area (Å²) in [7, 11) is -4.41. The Bertz CT molecular complexity index is 1600. The summed E-state index contributed by atoms with van der Waals surface area (Å²) in [5.74, 6) is -0.904. The fourth-order valence-electron chi connectivity index (χ4n) is 6.05. The molecule has 2 atom stereocenters. The van der Waals surface area contributed by atoms with E-state index in [1.54, 1.807) is 0 Å². The topological polar surface area (TPSA) is 134 Å². The first-order chi connectivity index (χ1) is 32.8. The number of carbonyl (C=O) groups excluding carboxylic acids is 2. The van der Waals surface area contributed by atoms with Gasteiger partial charge in [0.05, 0.1) is 13.2 Å². The van der Waals surface area contributed by atoms with E-state index in [1.807, 2.05) is 0 Å². The minimum Gasteiger partial charge on any atom is -0.462 e. The van der Waals surface area contributed by atoms with E-state index in [1.165, 1.54) is 0 Å². The molecule has 0 amide bonds. The first kappa shape index (κ1) is 62.9. The Kier molecular flexibility index (Phi) is 48.1. The van der Waals surface area contributed by atoms with Crippen molar-refractivity contribution in [2.75, 3.05) is 26.4 Å². The smallest absolute Gasteiger partial charge is 0.462 e. The molecule has 67 heavy (non-hydrogen) atoms. The Balaban J connectivity index is 4.21. The summed E-state index contributed by atoms with van der Waals surface area (Å²) in [6.07, 6.45) is 73.1. The number of hydrogen-bond acceptors (Lipinski definition) is 8. The molecule has 0 spiro atoms. The van der Waals surface area contributed by atoms with Crippen LogP contribution in [0.4, 0.5) is 0 Å². The number of nitrogens with two attached hydrogens (primary N) is 1. The number of esters is 2. The summed E-state index contributed by atoms with van der Waals surface area (Å²) in [4.78, 5) is 35.1. The molecule has 0 saturated heterocycles. The molecule has 0 rings (SSSR count). The third kappa shape index (κ3) is 51.1. The number of allylic oxidation sites excluding steroid dienone is 24. The quantitative estimate of drug-likeness (QED) is 0.0265. The fourth-order valence-corrected chi connectivity index (χ4v) is 6.82. The van der Waals surface area contributed by atoms with E-state index in [-0.39, 0.29) is 32.6 Å². The van der Waals surface area contributed by atoms with Gasteiger partial charge in [0, 0.05) is 19.4 Å². The molecule has 0 aliphatic carbocycles. The van der Waals surface area contributed by atoms with Crippen molar-refractivity contribution in [3.63, 3.8) is 0 Å². The highest BCUT2D eigenvalue weighted by atomic mass is 31.2. The molecule has 376 valence electrons. The average molecular weight is 948 g/mol. The molecule has 9 nitrogen and oxygen atoms in total. The van der Waals surface area contributed by atoms with Gasteiger partial charge in [-0.15, -0.1) is 0 Å². The maximum absolute atomic E-state index is 12.7. The van der Waals surface area contributed by atoms with Gasteiger partial charge in [-0.25, -0.2) is 4.57 Å². The molecule has 0 fully saturated rings. The van der Waals surface area contributed by atoms with E-state index >= 15 is 0 Å². The lowest BCUT2D eigenvalue weighted by Gasteiger charge is -2.19. The summed E-state index contributed by atoms with van der Waals surface area (Å²) in [5, 5.41) is 0. The Hall–Kier alpha value is -4.11. The van der Waals surface area contributed by atoms with E-state index in [2.05, 4.69) is 160 Å². The molecule has 3 N–H and O–H groups in total. The average Bonchev–Trinajstić information content (AvgIpc) is 3.32. The highest BCUT2D eigenvalue weighted by Crippen LogP contribution is 2.43. The number of unbranched alkanes of at least 4 members (excludes halogenated alkanes) is 8. The largest absolute Gasteiger partial charge is 0.472 e. The van der Waals surface area contributed by atoms with Gasteiger partial charge in [0.25, 0.3) is 0 Å². The van der Waals surface area contributed by atoms with Gasteiger partial charge in [-0.1, -0.05) is 185 Å². The van der Waals surface area contributed by atoms with Crippen LogP contribution in [0.15, 0.2) is 146 Å². The van der Waals surface area contributed by atoms with Gasteiger partial charge in [0.15, 0.2) is 6.10 Å². The SMILES string of the molecule is CC/C=C\C/C=C\C/C=C\C/C=C\C/C=C\C/C=C\C/C=C\CCCCCCCC(=O)OC(COC(=O)CCCCC/C=C\C/C=C\C/C=C\C/C=C\C/C=C\CC)COP(=O)(O)OCCN. The molecule has 10 heteroatoms. The van der Waals surface area contributed by atoms with Crippen LogP contribution in [0.3, 0.4) is 0 Å². The van der Waals surface area contributed by atoms with Gasteiger partial charge in [0.2, 0.25) is 0 Å². The van der Waals surface area contributed by atoms with Gasteiger partial charge in [-0.05, 0) is 116 Å². The Morgan fingerprint density at radius 1 is 0.448 bits per heavy atom. The second kappa shape index (κ2) is 51.3. The van der Waals surface area contributed by atoms with Gasteiger partial charge in [0.1, 0.15) is 6.61 Å². The predicted octanol–water partition coefficient (Wildman–Crippen LogP) is 15.6. The van der Waals surface area contributed by atoms with E-state index < -0.39 is 32.5 Å². The number of phosphoric ester groups is 1.